The van der Waals surface area contributed by atoms with Crippen molar-refractivity contribution in [3.63, 3.8) is 0 Å². The van der Waals surface area contributed by atoms with E-state index >= 15 is 0 Å². The number of benzene rings is 1. The van der Waals surface area contributed by atoms with Gasteiger partial charge in [-0.05, 0) is 25.0 Å². The Hall–Kier alpha value is -1.15. The van der Waals surface area contributed by atoms with Crippen LogP contribution >= 0.6 is 0 Å². The molecule has 1 heterocycles. The van der Waals surface area contributed by atoms with E-state index in [9.17, 15) is 4.79 Å². The van der Waals surface area contributed by atoms with Crippen LogP contribution in [0.5, 0.6) is 0 Å². The molecule has 0 bridgehead atoms. The molecular formula is C16H23NO. The highest BCUT2D eigenvalue weighted by molar-refractivity contribution is 5.85. The van der Waals surface area contributed by atoms with Gasteiger partial charge in [0.1, 0.15) is 5.78 Å². The number of aryl methyl sites for hydroxylation is 2. The van der Waals surface area contributed by atoms with Gasteiger partial charge in [0.15, 0.2) is 0 Å². The Kier molecular flexibility index (Phi) is 3.58. The highest BCUT2D eigenvalue weighted by Crippen LogP contribution is 2.26. The first-order valence-electron chi connectivity index (χ1n) is 6.70. The molecule has 1 fully saturated rings. The minimum absolute atomic E-state index is 0.184. The lowest BCUT2D eigenvalue weighted by molar-refractivity contribution is -0.131. The Balaban J connectivity index is 2.08. The minimum Gasteiger partial charge on any atom is -0.299 e. The average molecular weight is 245 g/mol. The summed E-state index contributed by atoms with van der Waals surface area (Å²) in [5.41, 5.74) is 3.86. The maximum Gasteiger partial charge on any atom is 0.141 e. The van der Waals surface area contributed by atoms with Crippen LogP contribution < -0.4 is 0 Å². The first-order valence-corrected chi connectivity index (χ1v) is 6.70. The van der Waals surface area contributed by atoms with Crippen LogP contribution in [0.2, 0.25) is 0 Å². The number of piperidine rings is 1. The predicted octanol–water partition coefficient (Wildman–Crippen LogP) is 3.10. The van der Waals surface area contributed by atoms with Crippen LogP contribution in [-0.4, -0.2) is 23.8 Å². The Morgan fingerprint density at radius 2 is 2.00 bits per heavy atom. The van der Waals surface area contributed by atoms with Gasteiger partial charge in [-0.25, -0.2) is 0 Å². The van der Waals surface area contributed by atoms with E-state index in [0.717, 1.165) is 19.6 Å². The molecule has 1 aliphatic rings. The Labute approximate surface area is 110 Å². The largest absolute Gasteiger partial charge is 0.299 e. The quantitative estimate of drug-likeness (QED) is 0.798. The molecule has 0 spiro atoms. The van der Waals surface area contributed by atoms with Gasteiger partial charge in [0.25, 0.3) is 0 Å². The van der Waals surface area contributed by atoms with E-state index in [0.29, 0.717) is 12.2 Å². The molecule has 0 aliphatic carbocycles. The Bertz CT molecular complexity index is 462. The summed E-state index contributed by atoms with van der Waals surface area (Å²) in [7, 11) is 0. The molecule has 18 heavy (non-hydrogen) atoms. The fourth-order valence-electron chi connectivity index (χ4n) is 2.72. The maximum atomic E-state index is 11.8. The monoisotopic (exact) mass is 245 g/mol. The zero-order valence-electron chi connectivity index (χ0n) is 11.9. The lowest BCUT2D eigenvalue weighted by Gasteiger charge is -2.37. The van der Waals surface area contributed by atoms with E-state index < -0.39 is 0 Å². The number of likely N-dealkylation sites (tertiary alicyclic amines) is 1. The van der Waals surface area contributed by atoms with Crippen molar-refractivity contribution >= 4 is 5.78 Å². The molecule has 2 heteroatoms. The Morgan fingerprint density at radius 1 is 1.28 bits per heavy atom. The van der Waals surface area contributed by atoms with Crippen LogP contribution in [0.15, 0.2) is 18.2 Å². The first-order chi connectivity index (χ1) is 8.38. The summed E-state index contributed by atoms with van der Waals surface area (Å²) >= 11 is 0. The molecule has 0 saturated carbocycles. The number of carbonyl (C=O) groups excluding carboxylic acids is 1. The van der Waals surface area contributed by atoms with Crippen molar-refractivity contribution in [2.45, 2.75) is 40.7 Å². The fourth-order valence-corrected chi connectivity index (χ4v) is 2.72. The van der Waals surface area contributed by atoms with Gasteiger partial charge in [0.05, 0.1) is 0 Å². The number of Topliss-reactive ketones (excluding diaryl/α,β-unsaturated/α-hetero) is 1. The van der Waals surface area contributed by atoms with Crippen molar-refractivity contribution in [2.75, 3.05) is 13.1 Å². The van der Waals surface area contributed by atoms with Gasteiger partial charge in [0, 0.05) is 31.5 Å². The fraction of sp³-hybridized carbons (Fsp3) is 0.562. The molecule has 1 aliphatic heterocycles. The zero-order chi connectivity index (χ0) is 13.3. The molecular weight excluding hydrogens is 222 g/mol. The number of ketones is 1. The van der Waals surface area contributed by atoms with E-state index in [1.165, 1.54) is 16.7 Å². The maximum absolute atomic E-state index is 11.8. The molecule has 0 amide bonds. The van der Waals surface area contributed by atoms with Crippen LogP contribution in [0.4, 0.5) is 0 Å². The standard InChI is InChI=1S/C16H23NO/c1-12-5-6-14(13(2)9-12)10-17-8-7-15(18)16(3,4)11-17/h5-6,9H,7-8,10-11H2,1-4H3. The number of carbonyl (C=O) groups is 1. The Morgan fingerprint density at radius 3 is 2.61 bits per heavy atom. The van der Waals surface area contributed by atoms with Crippen LogP contribution in [0.3, 0.4) is 0 Å². The summed E-state index contributed by atoms with van der Waals surface area (Å²) in [5.74, 6) is 0.402. The second kappa shape index (κ2) is 4.85. The van der Waals surface area contributed by atoms with Gasteiger partial charge in [-0.2, -0.15) is 0 Å². The van der Waals surface area contributed by atoms with Gasteiger partial charge >= 0.3 is 0 Å². The van der Waals surface area contributed by atoms with Gasteiger partial charge in [-0.3, -0.25) is 9.69 Å². The summed E-state index contributed by atoms with van der Waals surface area (Å²) in [6.45, 7) is 11.1. The van der Waals surface area contributed by atoms with Gasteiger partial charge in [-0.15, -0.1) is 0 Å². The van der Waals surface area contributed by atoms with Crippen LogP contribution in [0.25, 0.3) is 0 Å². The summed E-state index contributed by atoms with van der Waals surface area (Å²) in [6, 6.07) is 6.62. The SMILES string of the molecule is Cc1ccc(CN2CCC(=O)C(C)(C)C2)c(C)c1. The van der Waals surface area contributed by atoms with E-state index in [1.54, 1.807) is 0 Å². The summed E-state index contributed by atoms with van der Waals surface area (Å²) in [4.78, 5) is 14.2. The number of rotatable bonds is 2. The molecule has 98 valence electrons. The molecule has 1 saturated heterocycles. The molecule has 1 aromatic rings. The number of nitrogens with zero attached hydrogens (tertiary/aromatic N) is 1. The lowest BCUT2D eigenvalue weighted by atomic mass is 9.82. The van der Waals surface area contributed by atoms with Crippen LogP contribution in [-0.2, 0) is 11.3 Å². The molecule has 0 radical (unpaired) electrons. The van der Waals surface area contributed by atoms with Gasteiger partial charge < -0.3 is 0 Å². The molecule has 0 N–H and O–H groups in total. The molecule has 1 aromatic carbocycles. The second-order valence-electron chi connectivity index (χ2n) is 6.20. The van der Waals surface area contributed by atoms with E-state index in [-0.39, 0.29) is 5.41 Å². The van der Waals surface area contributed by atoms with Crippen molar-refractivity contribution in [3.8, 4) is 0 Å². The van der Waals surface area contributed by atoms with Gasteiger partial charge in [0.2, 0.25) is 0 Å². The number of hydrogen-bond acceptors (Lipinski definition) is 2. The van der Waals surface area contributed by atoms with Crippen LogP contribution in [0, 0.1) is 19.3 Å². The lowest BCUT2D eigenvalue weighted by Crippen LogP contribution is -2.45. The highest BCUT2D eigenvalue weighted by atomic mass is 16.1. The summed E-state index contributed by atoms with van der Waals surface area (Å²) in [6.07, 6.45) is 0.692. The van der Waals surface area contributed by atoms with Crippen molar-refractivity contribution in [1.29, 1.82) is 0 Å². The first kappa shape index (κ1) is 13.3. The zero-order valence-corrected chi connectivity index (χ0v) is 11.9. The molecule has 2 nitrogen and oxygen atoms in total. The van der Waals surface area contributed by atoms with Crippen molar-refractivity contribution < 1.29 is 4.79 Å². The third-order valence-corrected chi connectivity index (χ3v) is 3.92. The van der Waals surface area contributed by atoms with E-state index in [1.807, 2.05) is 0 Å². The van der Waals surface area contributed by atoms with Crippen LogP contribution in [0.1, 0.15) is 37.0 Å². The second-order valence-corrected chi connectivity index (χ2v) is 6.20. The molecule has 0 unspecified atom stereocenters. The van der Waals surface area contributed by atoms with E-state index in [2.05, 4.69) is 50.8 Å². The molecule has 0 aromatic heterocycles. The topological polar surface area (TPSA) is 20.3 Å². The minimum atomic E-state index is -0.184. The highest BCUT2D eigenvalue weighted by Gasteiger charge is 2.33. The predicted molar refractivity (Wildman–Crippen MR) is 74.6 cm³/mol. The third kappa shape index (κ3) is 2.81. The molecule has 0 atom stereocenters. The average Bonchev–Trinajstić information content (AvgIpc) is 2.27. The smallest absolute Gasteiger partial charge is 0.141 e. The number of hydrogen-bond donors (Lipinski definition) is 0. The van der Waals surface area contributed by atoms with Gasteiger partial charge in [-0.1, -0.05) is 37.6 Å². The summed E-state index contributed by atoms with van der Waals surface area (Å²) in [5, 5.41) is 0. The summed E-state index contributed by atoms with van der Waals surface area (Å²) < 4.78 is 0. The van der Waals surface area contributed by atoms with Crippen molar-refractivity contribution in [1.82, 2.24) is 4.90 Å². The normalized spacial score (nSPS) is 20.1. The molecule has 2 rings (SSSR count). The van der Waals surface area contributed by atoms with E-state index in [4.69, 9.17) is 0 Å². The van der Waals surface area contributed by atoms with Crippen molar-refractivity contribution in [3.05, 3.63) is 34.9 Å². The van der Waals surface area contributed by atoms with Crippen molar-refractivity contribution in [2.24, 2.45) is 5.41 Å². The third-order valence-electron chi connectivity index (χ3n) is 3.92.